The van der Waals surface area contributed by atoms with Crippen LogP contribution in [0.1, 0.15) is 21.5 Å². The number of carbonyl (C=O) groups excluding carboxylic acids is 2. The van der Waals surface area contributed by atoms with Gasteiger partial charge in [-0.05, 0) is 43.2 Å². The number of benzene rings is 2. The normalized spacial score (nSPS) is 16.6. The zero-order valence-electron chi connectivity index (χ0n) is 13.7. The number of aryl methyl sites for hydroxylation is 2. The molecule has 6 heteroatoms. The Morgan fingerprint density at radius 3 is 2.64 bits per heavy atom. The van der Waals surface area contributed by atoms with E-state index in [0.717, 1.165) is 11.1 Å². The first kappa shape index (κ1) is 17.0. The fourth-order valence-corrected chi connectivity index (χ4v) is 2.64. The van der Waals surface area contributed by atoms with Crippen LogP contribution in [0.5, 0.6) is 0 Å². The quantitative estimate of drug-likeness (QED) is 0.840. The van der Waals surface area contributed by atoms with Crippen LogP contribution in [0.25, 0.3) is 0 Å². The van der Waals surface area contributed by atoms with Crippen LogP contribution in [-0.4, -0.2) is 18.2 Å². The van der Waals surface area contributed by atoms with E-state index in [4.69, 9.17) is 21.1 Å². The zero-order chi connectivity index (χ0) is 18.0. The molecule has 1 unspecified atom stereocenters. The van der Waals surface area contributed by atoms with Crippen molar-refractivity contribution >= 4 is 29.2 Å². The van der Waals surface area contributed by atoms with Crippen molar-refractivity contribution < 1.29 is 19.1 Å². The summed E-state index contributed by atoms with van der Waals surface area (Å²) in [7, 11) is 0. The van der Waals surface area contributed by atoms with Crippen LogP contribution in [0.3, 0.4) is 0 Å². The van der Waals surface area contributed by atoms with Crippen LogP contribution >= 0.6 is 11.6 Å². The molecule has 2 aromatic carbocycles. The van der Waals surface area contributed by atoms with Gasteiger partial charge in [0.15, 0.2) is 5.03 Å². The van der Waals surface area contributed by atoms with Gasteiger partial charge >= 0.3 is 11.9 Å². The molecular weight excluding hydrogens is 342 g/mol. The smallest absolute Gasteiger partial charge is 0.355 e. The van der Waals surface area contributed by atoms with Gasteiger partial charge in [-0.3, -0.25) is 0 Å². The Labute approximate surface area is 150 Å². The topological polar surface area (TPSA) is 64.6 Å². The van der Waals surface area contributed by atoms with Crippen LogP contribution in [-0.2, 0) is 14.3 Å². The summed E-state index contributed by atoms with van der Waals surface area (Å²) < 4.78 is 10.4. The predicted molar refractivity (Wildman–Crippen MR) is 94.2 cm³/mol. The third-order valence-corrected chi connectivity index (χ3v) is 4.10. The number of ether oxygens (including phenoxy) is 2. The summed E-state index contributed by atoms with van der Waals surface area (Å²) in [6.45, 7) is 3.74. The summed E-state index contributed by atoms with van der Waals surface area (Å²) in [6.07, 6.45) is -1.22. The molecule has 0 amide bonds. The molecular formula is C19H16ClNO4. The van der Waals surface area contributed by atoms with Crippen molar-refractivity contribution in [3.8, 4) is 0 Å². The molecule has 5 nitrogen and oxygen atoms in total. The van der Waals surface area contributed by atoms with Gasteiger partial charge in [-0.2, -0.15) is 0 Å². The second-order valence-corrected chi connectivity index (χ2v) is 6.06. The third kappa shape index (κ3) is 3.67. The fourth-order valence-electron chi connectivity index (χ4n) is 2.46. The highest BCUT2D eigenvalue weighted by molar-refractivity contribution is 6.42. The molecule has 1 aliphatic rings. The lowest BCUT2D eigenvalue weighted by Crippen LogP contribution is -2.24. The van der Waals surface area contributed by atoms with E-state index in [1.165, 1.54) is 0 Å². The summed E-state index contributed by atoms with van der Waals surface area (Å²) in [5.41, 5.74) is 3.11. The lowest BCUT2D eigenvalue weighted by molar-refractivity contribution is -0.152. The van der Waals surface area contributed by atoms with E-state index in [0.29, 0.717) is 11.3 Å². The number of hydrogen-bond acceptors (Lipinski definition) is 5. The first-order chi connectivity index (χ1) is 12.0. The number of anilines is 1. The number of carbonyl (C=O) groups is 2. The third-order valence-electron chi connectivity index (χ3n) is 3.74. The van der Waals surface area contributed by atoms with Gasteiger partial charge in [0.1, 0.15) is 5.70 Å². The molecule has 1 aliphatic heterocycles. The van der Waals surface area contributed by atoms with Crippen molar-refractivity contribution in [1.82, 2.24) is 0 Å². The molecule has 0 radical (unpaired) electrons. The van der Waals surface area contributed by atoms with E-state index >= 15 is 0 Å². The Kier molecular flexibility index (Phi) is 4.76. The zero-order valence-corrected chi connectivity index (χ0v) is 14.5. The first-order valence-corrected chi connectivity index (χ1v) is 8.04. The van der Waals surface area contributed by atoms with Gasteiger partial charge in [0, 0.05) is 5.69 Å². The molecule has 0 bridgehead atoms. The number of cyclic esters (lactones) is 1. The van der Waals surface area contributed by atoms with E-state index in [-0.39, 0.29) is 10.7 Å². The van der Waals surface area contributed by atoms with Crippen molar-refractivity contribution in [2.24, 2.45) is 0 Å². The van der Waals surface area contributed by atoms with Crippen LogP contribution in [0.15, 0.2) is 59.3 Å². The molecule has 128 valence electrons. The SMILES string of the molecule is Cc1cccc(NC2=C(Cl)C(=O)OC2OC(=O)c2ccccc2C)c1. The van der Waals surface area contributed by atoms with E-state index in [1.54, 1.807) is 25.1 Å². The molecule has 0 saturated carbocycles. The highest BCUT2D eigenvalue weighted by Gasteiger charge is 2.36. The number of halogens is 1. The number of esters is 2. The molecule has 1 N–H and O–H groups in total. The standard InChI is InChI=1S/C19H16ClNO4/c1-11-6-5-8-13(10-11)21-16-15(20)18(23)25-19(16)24-17(22)14-9-4-3-7-12(14)2/h3-10,19,21H,1-2H3. The lowest BCUT2D eigenvalue weighted by Gasteiger charge is -2.17. The average Bonchev–Trinajstić information content (AvgIpc) is 2.83. The summed E-state index contributed by atoms with van der Waals surface area (Å²) in [5, 5.41) is 2.87. The molecule has 1 atom stereocenters. The van der Waals surface area contributed by atoms with Gasteiger partial charge in [-0.15, -0.1) is 0 Å². The molecule has 0 saturated heterocycles. The summed E-state index contributed by atoms with van der Waals surface area (Å²) in [6, 6.07) is 14.5. The number of nitrogens with one attached hydrogen (secondary N) is 1. The first-order valence-electron chi connectivity index (χ1n) is 7.66. The van der Waals surface area contributed by atoms with E-state index in [1.807, 2.05) is 37.3 Å². The molecule has 0 fully saturated rings. The largest absolute Gasteiger partial charge is 0.415 e. The molecule has 25 heavy (non-hydrogen) atoms. The Hall–Kier alpha value is -2.79. The number of hydrogen-bond donors (Lipinski definition) is 1. The van der Waals surface area contributed by atoms with Crippen molar-refractivity contribution in [1.29, 1.82) is 0 Å². The minimum absolute atomic E-state index is 0.135. The molecule has 3 rings (SSSR count). The minimum Gasteiger partial charge on any atom is -0.415 e. The fraction of sp³-hybridized carbons (Fsp3) is 0.158. The maximum absolute atomic E-state index is 12.4. The van der Waals surface area contributed by atoms with Gasteiger partial charge in [-0.1, -0.05) is 41.9 Å². The van der Waals surface area contributed by atoms with E-state index < -0.39 is 18.2 Å². The predicted octanol–water partition coefficient (Wildman–Crippen LogP) is 3.91. The molecule has 0 spiro atoms. The summed E-state index contributed by atoms with van der Waals surface area (Å²) >= 11 is 6.03. The van der Waals surface area contributed by atoms with Crippen LogP contribution in [0.4, 0.5) is 5.69 Å². The number of rotatable bonds is 4. The molecule has 0 aromatic heterocycles. The maximum Gasteiger partial charge on any atom is 0.355 e. The van der Waals surface area contributed by atoms with Gasteiger partial charge in [0.2, 0.25) is 0 Å². The maximum atomic E-state index is 12.4. The Morgan fingerprint density at radius 2 is 1.92 bits per heavy atom. The lowest BCUT2D eigenvalue weighted by atomic mass is 10.1. The van der Waals surface area contributed by atoms with Crippen LogP contribution < -0.4 is 5.32 Å². The molecule has 1 heterocycles. The second-order valence-electron chi connectivity index (χ2n) is 5.68. The summed E-state index contributed by atoms with van der Waals surface area (Å²) in [5.74, 6) is -1.33. The Bertz CT molecular complexity index is 875. The van der Waals surface area contributed by atoms with Gasteiger partial charge < -0.3 is 14.8 Å². The van der Waals surface area contributed by atoms with Crippen molar-refractivity contribution in [3.63, 3.8) is 0 Å². The highest BCUT2D eigenvalue weighted by atomic mass is 35.5. The van der Waals surface area contributed by atoms with Crippen molar-refractivity contribution in [3.05, 3.63) is 76.0 Å². The second kappa shape index (κ2) is 6.99. The highest BCUT2D eigenvalue weighted by Crippen LogP contribution is 2.29. The summed E-state index contributed by atoms with van der Waals surface area (Å²) in [4.78, 5) is 24.2. The van der Waals surface area contributed by atoms with Gasteiger partial charge in [-0.25, -0.2) is 9.59 Å². The van der Waals surface area contributed by atoms with Crippen molar-refractivity contribution in [2.45, 2.75) is 20.1 Å². The van der Waals surface area contributed by atoms with E-state index in [9.17, 15) is 9.59 Å². The monoisotopic (exact) mass is 357 g/mol. The molecule has 0 aliphatic carbocycles. The van der Waals surface area contributed by atoms with Gasteiger partial charge in [0.25, 0.3) is 6.29 Å². The average molecular weight is 358 g/mol. The van der Waals surface area contributed by atoms with Gasteiger partial charge in [0.05, 0.1) is 5.56 Å². The Balaban J connectivity index is 1.82. The molecule has 2 aromatic rings. The van der Waals surface area contributed by atoms with E-state index in [2.05, 4.69) is 5.32 Å². The Morgan fingerprint density at radius 1 is 1.16 bits per heavy atom. The van der Waals surface area contributed by atoms with Crippen molar-refractivity contribution in [2.75, 3.05) is 5.32 Å². The minimum atomic E-state index is -1.22. The van der Waals surface area contributed by atoms with Crippen LogP contribution in [0.2, 0.25) is 0 Å². The van der Waals surface area contributed by atoms with Crippen LogP contribution in [0, 0.1) is 13.8 Å².